The summed E-state index contributed by atoms with van der Waals surface area (Å²) in [7, 11) is 3.66. The number of fused-ring (bicyclic) bond motifs is 3. The number of hydrogen-bond acceptors (Lipinski definition) is 7. The van der Waals surface area contributed by atoms with Gasteiger partial charge in [0.15, 0.2) is 5.82 Å². The number of aliphatic hydroxyl groups excluding tert-OH is 1. The Morgan fingerprint density at radius 3 is 2.79 bits per heavy atom. The fourth-order valence-corrected chi connectivity index (χ4v) is 4.78. The minimum atomic E-state index is -0.516. The quantitative estimate of drug-likeness (QED) is 0.472. The minimum absolute atomic E-state index is 0.209. The number of benzene rings is 1. The van der Waals surface area contributed by atoms with Crippen LogP contribution in [-0.4, -0.2) is 61.4 Å². The molecule has 4 heterocycles. The number of likely N-dealkylation sites (tertiary alicyclic amines) is 1. The zero-order valence-electron chi connectivity index (χ0n) is 18.8. The van der Waals surface area contributed by atoms with E-state index in [1.54, 1.807) is 19.4 Å². The van der Waals surface area contributed by atoms with Crippen LogP contribution in [0.3, 0.4) is 0 Å². The van der Waals surface area contributed by atoms with Gasteiger partial charge in [-0.05, 0) is 30.7 Å². The van der Waals surface area contributed by atoms with Gasteiger partial charge in [-0.25, -0.2) is 14.4 Å². The molecule has 34 heavy (non-hydrogen) atoms. The van der Waals surface area contributed by atoms with E-state index in [4.69, 9.17) is 4.98 Å². The zero-order chi connectivity index (χ0) is 24.0. The molecule has 0 amide bonds. The van der Waals surface area contributed by atoms with Crippen LogP contribution >= 0.6 is 0 Å². The molecule has 4 aromatic rings. The molecule has 0 spiro atoms. The Kier molecular flexibility index (Phi) is 5.40. The molecule has 1 saturated heterocycles. The van der Waals surface area contributed by atoms with Crippen molar-refractivity contribution in [1.29, 1.82) is 10.5 Å². The lowest BCUT2D eigenvalue weighted by atomic mass is 10.1. The topological polar surface area (TPSA) is 119 Å². The van der Waals surface area contributed by atoms with Gasteiger partial charge < -0.3 is 19.6 Å². The first-order valence-electron chi connectivity index (χ1n) is 11.0. The molecule has 2 N–H and O–H groups in total. The number of β-amino-alcohol motifs (C(OH)–C–C–N with tert-alkyl or cyclic N) is 1. The van der Waals surface area contributed by atoms with Crippen LogP contribution in [-0.2, 0) is 13.6 Å². The average Bonchev–Trinajstić information content (AvgIpc) is 3.53. The Hall–Kier alpha value is -3.99. The van der Waals surface area contributed by atoms with E-state index in [-0.39, 0.29) is 12.1 Å². The van der Waals surface area contributed by atoms with Crippen molar-refractivity contribution >= 4 is 27.9 Å². The second kappa shape index (κ2) is 8.41. The van der Waals surface area contributed by atoms with Crippen LogP contribution in [0.4, 0.5) is 10.2 Å². The van der Waals surface area contributed by atoms with Gasteiger partial charge >= 0.3 is 0 Å². The number of hydrogen-bond donors (Lipinski definition) is 2. The van der Waals surface area contributed by atoms with Crippen molar-refractivity contribution in [3.05, 3.63) is 42.0 Å². The van der Waals surface area contributed by atoms with Crippen LogP contribution in [0.15, 0.2) is 30.6 Å². The molecule has 5 rings (SSSR count). The van der Waals surface area contributed by atoms with E-state index < -0.39 is 18.0 Å². The van der Waals surface area contributed by atoms with Crippen LogP contribution in [0.1, 0.15) is 12.0 Å². The molecule has 0 saturated carbocycles. The largest absolute Gasteiger partial charge is 0.392 e. The highest BCUT2D eigenvalue weighted by molar-refractivity contribution is 6.07. The van der Waals surface area contributed by atoms with Crippen LogP contribution < -0.4 is 5.32 Å². The van der Waals surface area contributed by atoms with Crippen molar-refractivity contribution < 1.29 is 9.50 Å². The molecule has 172 valence electrons. The molecule has 1 aliphatic heterocycles. The molecule has 0 radical (unpaired) electrons. The molecule has 1 aromatic carbocycles. The van der Waals surface area contributed by atoms with E-state index in [0.717, 1.165) is 10.9 Å². The number of nitrogens with one attached hydrogen (secondary N) is 1. The van der Waals surface area contributed by atoms with Crippen LogP contribution in [0.2, 0.25) is 0 Å². The van der Waals surface area contributed by atoms with Crippen molar-refractivity contribution in [3.8, 4) is 23.4 Å². The summed E-state index contributed by atoms with van der Waals surface area (Å²) in [6.07, 6.45) is 1.87. The predicted octanol–water partition coefficient (Wildman–Crippen LogP) is 2.60. The number of rotatable bonds is 5. The number of nitriles is 2. The highest BCUT2D eigenvalue weighted by Gasteiger charge is 2.29. The van der Waals surface area contributed by atoms with Crippen LogP contribution in [0.5, 0.6) is 0 Å². The lowest BCUT2D eigenvalue weighted by molar-refractivity contribution is 0.166. The maximum Gasteiger partial charge on any atom is 0.156 e. The van der Waals surface area contributed by atoms with Gasteiger partial charge in [0, 0.05) is 38.1 Å². The Bertz CT molecular complexity index is 1490. The lowest BCUT2D eigenvalue weighted by Gasteiger charge is -2.23. The molecule has 10 heteroatoms. The molecule has 1 fully saturated rings. The number of aromatic nitrogens is 4. The number of nitrogens with zero attached hydrogens (tertiary/aromatic N) is 7. The predicted molar refractivity (Wildman–Crippen MR) is 125 cm³/mol. The summed E-state index contributed by atoms with van der Waals surface area (Å²) in [5.41, 5.74) is 3.57. The third-order valence-corrected chi connectivity index (χ3v) is 6.40. The van der Waals surface area contributed by atoms with Gasteiger partial charge in [-0.15, -0.1) is 0 Å². The number of anilines is 1. The first-order chi connectivity index (χ1) is 16.4. The smallest absolute Gasteiger partial charge is 0.156 e. The first-order valence-corrected chi connectivity index (χ1v) is 11.0. The summed E-state index contributed by atoms with van der Waals surface area (Å²) in [5.74, 6) is 0.0796. The molecular formula is C24H23FN8O. The van der Waals surface area contributed by atoms with Gasteiger partial charge in [0.2, 0.25) is 0 Å². The summed E-state index contributed by atoms with van der Waals surface area (Å²) >= 11 is 0. The number of aliphatic hydroxyl groups is 1. The van der Waals surface area contributed by atoms with Gasteiger partial charge in [-0.2, -0.15) is 10.5 Å². The highest BCUT2D eigenvalue weighted by Crippen LogP contribution is 2.35. The molecule has 1 aliphatic rings. The Balaban J connectivity index is 1.77. The van der Waals surface area contributed by atoms with Gasteiger partial charge in [-0.1, -0.05) is 0 Å². The number of aryl methyl sites for hydroxylation is 1. The lowest BCUT2D eigenvalue weighted by Crippen LogP contribution is -2.36. The molecule has 9 nitrogen and oxygen atoms in total. The average molecular weight is 459 g/mol. The fourth-order valence-electron chi connectivity index (χ4n) is 4.78. The summed E-state index contributed by atoms with van der Waals surface area (Å²) in [4.78, 5) is 11.2. The maximum absolute atomic E-state index is 14.4. The molecule has 2 unspecified atom stereocenters. The number of pyridine rings is 1. The summed E-state index contributed by atoms with van der Waals surface area (Å²) < 4.78 is 18.2. The van der Waals surface area contributed by atoms with E-state index in [1.807, 2.05) is 33.2 Å². The van der Waals surface area contributed by atoms with Crippen molar-refractivity contribution in [3.63, 3.8) is 0 Å². The summed E-state index contributed by atoms with van der Waals surface area (Å²) in [5, 5.41) is 33.3. The second-order valence-corrected chi connectivity index (χ2v) is 8.56. The van der Waals surface area contributed by atoms with Crippen LogP contribution in [0.25, 0.3) is 33.3 Å². The van der Waals surface area contributed by atoms with Crippen molar-refractivity contribution in [1.82, 2.24) is 24.0 Å². The van der Waals surface area contributed by atoms with E-state index >= 15 is 0 Å². The Morgan fingerprint density at radius 2 is 2.12 bits per heavy atom. The van der Waals surface area contributed by atoms with E-state index in [9.17, 15) is 20.0 Å². The standard InChI is InChI=1S/C24H23FN8O/c1-28-23-21-22(31(2)13-29-21)19-8-20(15-5-14(9-26)6-16(25)7-15)33(24(19)30-23)11-17(10-27)32-4-3-18(34)12-32/h5-8,13,17-18,34H,3-4,11-12H2,1-2H3,(H,28,30). The minimum Gasteiger partial charge on any atom is -0.392 e. The molecule has 2 atom stereocenters. The van der Waals surface area contributed by atoms with E-state index in [0.29, 0.717) is 47.7 Å². The fraction of sp³-hybridized carbons (Fsp3) is 0.333. The SMILES string of the molecule is CNc1nc2c(cc(-c3cc(F)cc(C#N)c3)n2CC(C#N)N2CCC(O)C2)c2c1ncn2C. The Labute approximate surface area is 195 Å². The van der Waals surface area contributed by atoms with Gasteiger partial charge in [-0.3, -0.25) is 4.90 Å². The molecule has 0 bridgehead atoms. The van der Waals surface area contributed by atoms with Crippen molar-refractivity contribution in [2.45, 2.75) is 25.1 Å². The van der Waals surface area contributed by atoms with Crippen LogP contribution in [0, 0.1) is 28.5 Å². The first kappa shape index (κ1) is 21.8. The molecular weight excluding hydrogens is 435 g/mol. The second-order valence-electron chi connectivity index (χ2n) is 8.56. The molecule has 3 aromatic heterocycles. The Morgan fingerprint density at radius 1 is 1.29 bits per heavy atom. The normalized spacial score (nSPS) is 17.2. The maximum atomic E-state index is 14.4. The summed E-state index contributed by atoms with van der Waals surface area (Å²) in [6, 6.07) is 9.97. The van der Waals surface area contributed by atoms with Gasteiger partial charge in [0.1, 0.15) is 23.0 Å². The van der Waals surface area contributed by atoms with Crippen molar-refractivity contribution in [2.24, 2.45) is 7.05 Å². The zero-order valence-corrected chi connectivity index (χ0v) is 18.8. The van der Waals surface area contributed by atoms with Gasteiger partial charge in [0.25, 0.3) is 0 Å². The van der Waals surface area contributed by atoms with Crippen molar-refractivity contribution in [2.75, 3.05) is 25.5 Å². The van der Waals surface area contributed by atoms with Gasteiger partial charge in [0.05, 0.1) is 47.9 Å². The third-order valence-electron chi connectivity index (χ3n) is 6.40. The number of halogens is 1. The number of imidazole rings is 1. The van der Waals surface area contributed by atoms with E-state index in [2.05, 4.69) is 16.4 Å². The van der Waals surface area contributed by atoms with E-state index in [1.165, 1.54) is 12.1 Å². The highest BCUT2D eigenvalue weighted by atomic mass is 19.1. The monoisotopic (exact) mass is 458 g/mol. The molecule has 0 aliphatic carbocycles. The summed E-state index contributed by atoms with van der Waals surface area (Å²) in [6.45, 7) is 1.31. The third kappa shape index (κ3) is 3.54.